The average molecular weight is 410 g/mol. The average Bonchev–Trinajstić information content (AvgIpc) is 2.86. The van der Waals surface area contributed by atoms with Gasteiger partial charge in [-0.15, -0.1) is 0 Å². The van der Waals surface area contributed by atoms with E-state index in [4.69, 9.17) is 13.9 Å². The lowest BCUT2D eigenvalue weighted by Crippen LogP contribution is -2.43. The zero-order chi connectivity index (χ0) is 20.8. The highest BCUT2D eigenvalue weighted by Crippen LogP contribution is 2.48. The van der Waals surface area contributed by atoms with Gasteiger partial charge in [0.2, 0.25) is 11.5 Å². The van der Waals surface area contributed by atoms with Crippen LogP contribution in [0.15, 0.2) is 15.3 Å². The van der Waals surface area contributed by atoms with Crippen molar-refractivity contribution in [1.29, 1.82) is 0 Å². The minimum atomic E-state index is -2.95. The summed E-state index contributed by atoms with van der Waals surface area (Å²) in [5.41, 5.74) is -6.13. The number of rotatable bonds is 5. The molecule has 0 spiro atoms. The lowest BCUT2D eigenvalue weighted by Gasteiger charge is -2.21. The van der Waals surface area contributed by atoms with Gasteiger partial charge in [0.1, 0.15) is 0 Å². The Kier molecular flexibility index (Phi) is 5.67. The maximum atomic E-state index is 12.9. The number of carbonyl (C=O) groups is 3. The molecule has 1 atom stereocenters. The highest BCUT2D eigenvalue weighted by Gasteiger charge is 2.56. The minimum absolute atomic E-state index is 0. The predicted octanol–water partition coefficient (Wildman–Crippen LogP) is -0.568. The molecule has 2 aromatic rings. The second-order valence-corrected chi connectivity index (χ2v) is 5.98. The Labute approximate surface area is 162 Å². The van der Waals surface area contributed by atoms with Crippen LogP contribution in [0.25, 0.3) is 11.0 Å². The highest BCUT2D eigenvalue weighted by molar-refractivity contribution is 6.28. The van der Waals surface area contributed by atoms with Gasteiger partial charge in [-0.3, -0.25) is 9.59 Å². The van der Waals surface area contributed by atoms with Gasteiger partial charge in [0.05, 0.1) is 25.2 Å². The molecule has 0 bridgehead atoms. The van der Waals surface area contributed by atoms with Crippen LogP contribution in [-0.2, 0) is 31.1 Å². The summed E-state index contributed by atoms with van der Waals surface area (Å²) in [6, 6.07) is 0.828. The van der Waals surface area contributed by atoms with E-state index in [9.17, 15) is 34.5 Å². The Bertz CT molecular complexity index is 1080. The minimum Gasteiger partial charge on any atom is -0.504 e. The molecule has 1 aromatic heterocycles. The van der Waals surface area contributed by atoms with Crippen LogP contribution in [0.4, 0.5) is 0 Å². The second-order valence-electron chi connectivity index (χ2n) is 5.98. The monoisotopic (exact) mass is 410 g/mol. The normalized spacial score (nSPS) is 17.1. The lowest BCUT2D eigenvalue weighted by molar-refractivity contribution is -0.160. The van der Waals surface area contributed by atoms with Crippen LogP contribution < -0.4 is 5.63 Å². The maximum Gasteiger partial charge on any atom is 0.351 e. The van der Waals surface area contributed by atoms with Crippen molar-refractivity contribution < 1.29 is 49.1 Å². The van der Waals surface area contributed by atoms with Gasteiger partial charge in [0, 0.05) is 16.5 Å². The van der Waals surface area contributed by atoms with Gasteiger partial charge in [-0.1, -0.05) is 0 Å². The number of phenolic OH excluding ortho intramolecular Hbond substituents is 2. The predicted molar refractivity (Wildman–Crippen MR) is 94.6 cm³/mol. The van der Waals surface area contributed by atoms with Gasteiger partial charge >= 0.3 is 17.6 Å². The molecule has 11 nitrogen and oxygen atoms in total. The first-order valence-corrected chi connectivity index (χ1v) is 8.33. The van der Waals surface area contributed by atoms with Crippen LogP contribution in [0.1, 0.15) is 35.3 Å². The number of hydrogen-bond acceptors (Lipinski definition) is 10. The first-order chi connectivity index (χ1) is 13.2. The summed E-state index contributed by atoms with van der Waals surface area (Å²) < 4.78 is 14.5. The van der Waals surface area contributed by atoms with E-state index in [0.29, 0.717) is 0 Å². The van der Waals surface area contributed by atoms with Crippen molar-refractivity contribution in [2.75, 3.05) is 13.2 Å². The SMILES string of the molecule is CCOC(=O)Cc1c2c3c(cc(O)c(O)c3oc1=O)C(=O)[C@@]2(O)C(=O)OCC.O. The molecule has 1 aliphatic carbocycles. The van der Waals surface area contributed by atoms with E-state index in [1.807, 2.05) is 0 Å². The molecule has 156 valence electrons. The first kappa shape index (κ1) is 21.9. The Morgan fingerprint density at radius 2 is 1.76 bits per heavy atom. The molecule has 11 heteroatoms. The number of esters is 2. The van der Waals surface area contributed by atoms with Crippen molar-refractivity contribution in [1.82, 2.24) is 0 Å². The van der Waals surface area contributed by atoms with E-state index in [1.165, 1.54) is 13.8 Å². The lowest BCUT2D eigenvalue weighted by atomic mass is 9.90. The van der Waals surface area contributed by atoms with Crippen LogP contribution in [0.2, 0.25) is 0 Å². The van der Waals surface area contributed by atoms with E-state index in [0.717, 1.165) is 6.07 Å². The van der Waals surface area contributed by atoms with Gasteiger partial charge in [-0.2, -0.15) is 0 Å². The molecule has 0 fully saturated rings. The molecular weight excluding hydrogens is 392 g/mol. The van der Waals surface area contributed by atoms with Crippen molar-refractivity contribution in [2.24, 2.45) is 0 Å². The molecule has 0 unspecified atom stereocenters. The summed E-state index contributed by atoms with van der Waals surface area (Å²) in [4.78, 5) is 49.7. The molecule has 29 heavy (non-hydrogen) atoms. The molecular formula is C18H18O11. The number of ketones is 1. The third kappa shape index (κ3) is 3.00. The quantitative estimate of drug-likeness (QED) is 0.249. The Hall–Kier alpha value is -3.44. The van der Waals surface area contributed by atoms with Gasteiger partial charge in [-0.05, 0) is 19.9 Å². The molecule has 1 aromatic carbocycles. The molecule has 1 aliphatic rings. The summed E-state index contributed by atoms with van der Waals surface area (Å²) in [6.07, 6.45) is -0.697. The van der Waals surface area contributed by atoms with E-state index in [2.05, 4.69) is 0 Å². The van der Waals surface area contributed by atoms with Crippen molar-refractivity contribution in [3.05, 3.63) is 33.2 Å². The summed E-state index contributed by atoms with van der Waals surface area (Å²) in [5, 5.41) is 30.6. The molecule has 1 heterocycles. The van der Waals surface area contributed by atoms with E-state index < -0.39 is 63.6 Å². The third-order valence-corrected chi connectivity index (χ3v) is 4.36. The molecule has 3 rings (SSSR count). The Balaban J connectivity index is 0.00000300. The number of benzene rings is 1. The number of phenols is 2. The molecule has 0 saturated carbocycles. The smallest absolute Gasteiger partial charge is 0.351 e. The zero-order valence-electron chi connectivity index (χ0n) is 15.4. The Morgan fingerprint density at radius 1 is 1.14 bits per heavy atom. The van der Waals surface area contributed by atoms with Crippen molar-refractivity contribution >= 4 is 28.7 Å². The Morgan fingerprint density at radius 3 is 2.34 bits per heavy atom. The number of aromatic hydroxyl groups is 2. The largest absolute Gasteiger partial charge is 0.504 e. The third-order valence-electron chi connectivity index (χ3n) is 4.36. The standard InChI is InChI=1S/C18H16O10.H2O/c1-3-26-10(20)6-8-12-11-7(15(22)18(12,25)17(24)27-4-2)5-9(19)13(21)14(11)28-16(8)23;/h5,19,21,25H,3-4,6H2,1-2H3;1H2/t18-;/m1./s1. The molecule has 0 saturated heterocycles. The fraction of sp³-hybridized carbons (Fsp3) is 0.333. The summed E-state index contributed by atoms with van der Waals surface area (Å²) in [7, 11) is 0. The van der Waals surface area contributed by atoms with Crippen molar-refractivity contribution in [3.63, 3.8) is 0 Å². The van der Waals surface area contributed by atoms with Gasteiger partial charge < -0.3 is 34.7 Å². The molecule has 0 radical (unpaired) electrons. The van der Waals surface area contributed by atoms with Crippen LogP contribution in [0, 0.1) is 0 Å². The van der Waals surface area contributed by atoms with Crippen LogP contribution >= 0.6 is 0 Å². The first-order valence-electron chi connectivity index (χ1n) is 8.33. The molecule has 0 aliphatic heterocycles. The van der Waals surface area contributed by atoms with E-state index in [1.54, 1.807) is 0 Å². The fourth-order valence-corrected chi connectivity index (χ4v) is 3.22. The van der Waals surface area contributed by atoms with E-state index in [-0.39, 0.29) is 29.6 Å². The van der Waals surface area contributed by atoms with Crippen molar-refractivity contribution in [3.8, 4) is 11.5 Å². The number of hydrogen-bond donors (Lipinski definition) is 3. The number of carbonyl (C=O) groups excluding carboxylic acids is 3. The fourth-order valence-electron chi connectivity index (χ4n) is 3.22. The number of ether oxygens (including phenoxy) is 2. The van der Waals surface area contributed by atoms with Crippen LogP contribution in [0.3, 0.4) is 0 Å². The summed E-state index contributed by atoms with van der Waals surface area (Å²) in [6.45, 7) is 2.81. The topological polar surface area (TPSA) is 192 Å². The summed E-state index contributed by atoms with van der Waals surface area (Å²) in [5.74, 6) is -5.07. The van der Waals surface area contributed by atoms with Gasteiger partial charge in [0.15, 0.2) is 11.3 Å². The number of Topliss-reactive ketones (excluding diaryl/α,β-unsaturated/α-hetero) is 1. The van der Waals surface area contributed by atoms with Crippen molar-refractivity contribution in [2.45, 2.75) is 25.9 Å². The summed E-state index contributed by atoms with van der Waals surface area (Å²) >= 11 is 0. The van der Waals surface area contributed by atoms with Crippen LogP contribution in [0.5, 0.6) is 11.5 Å². The second kappa shape index (κ2) is 7.53. The molecule has 5 N–H and O–H groups in total. The van der Waals surface area contributed by atoms with Gasteiger partial charge in [0.25, 0.3) is 5.60 Å². The van der Waals surface area contributed by atoms with Crippen LogP contribution in [-0.4, -0.2) is 51.7 Å². The van der Waals surface area contributed by atoms with E-state index >= 15 is 0 Å². The number of aliphatic hydroxyl groups is 1. The highest BCUT2D eigenvalue weighted by atomic mass is 16.6. The van der Waals surface area contributed by atoms with Gasteiger partial charge in [-0.25, -0.2) is 9.59 Å². The maximum absolute atomic E-state index is 12.9. The molecule has 0 amide bonds. The zero-order valence-corrected chi connectivity index (χ0v) is 15.4.